The summed E-state index contributed by atoms with van der Waals surface area (Å²) >= 11 is 5.80. The topological polar surface area (TPSA) is 104 Å². The summed E-state index contributed by atoms with van der Waals surface area (Å²) in [6.45, 7) is 2.22. The van der Waals surface area contributed by atoms with E-state index in [1.807, 2.05) is 0 Å². The molecule has 6 rings (SSSR count). The van der Waals surface area contributed by atoms with Crippen LogP contribution < -0.4 is 10.6 Å². The van der Waals surface area contributed by atoms with Crippen LogP contribution in [-0.2, 0) is 17.8 Å². The molecule has 7 nitrogen and oxygen atoms in total. The third-order valence-electron chi connectivity index (χ3n) is 6.88. The number of hydrogen-bond donors (Lipinski definition) is 2. The van der Waals surface area contributed by atoms with Gasteiger partial charge < -0.3 is 15.2 Å². The molecule has 0 spiro atoms. The zero-order chi connectivity index (χ0) is 22.8. The lowest BCUT2D eigenvalue weighted by molar-refractivity contribution is -0.140. The van der Waals surface area contributed by atoms with Crippen molar-refractivity contribution in [2.24, 2.45) is 5.41 Å². The van der Waals surface area contributed by atoms with Gasteiger partial charge in [0.15, 0.2) is 0 Å². The highest BCUT2D eigenvalue weighted by molar-refractivity contribution is 6.44. The lowest BCUT2D eigenvalue weighted by atomic mass is 9.40. The number of nitrogens with zero attached hydrogens (tertiary/aromatic N) is 2. The van der Waals surface area contributed by atoms with Crippen LogP contribution >= 0.6 is 11.6 Å². The van der Waals surface area contributed by atoms with E-state index in [2.05, 4.69) is 16.7 Å². The van der Waals surface area contributed by atoms with Crippen molar-refractivity contribution in [1.82, 2.24) is 9.88 Å². The van der Waals surface area contributed by atoms with E-state index >= 15 is 0 Å². The van der Waals surface area contributed by atoms with Gasteiger partial charge in [0.25, 0.3) is 17.6 Å². The van der Waals surface area contributed by atoms with E-state index in [1.54, 1.807) is 11.5 Å². The van der Waals surface area contributed by atoms with Crippen LogP contribution in [0.4, 0.5) is 10.1 Å². The number of Topliss-reactive ketones (excluding diaryl/α,β-unsaturated/α-hetero) is 1. The van der Waals surface area contributed by atoms with Crippen molar-refractivity contribution in [3.05, 3.63) is 51.6 Å². The molecule has 32 heavy (non-hydrogen) atoms. The number of halogens is 2. The second kappa shape index (κ2) is 6.91. The third kappa shape index (κ3) is 2.95. The molecule has 1 aromatic carbocycles. The fraction of sp³-hybridized carbons (Fsp3) is 0.391. The molecule has 2 aromatic rings. The molecular weight excluding hydrogens is 435 g/mol. The molecule has 0 radical (unpaired) electrons. The zero-order valence-corrected chi connectivity index (χ0v) is 18.1. The highest BCUT2D eigenvalue weighted by Crippen LogP contribution is 2.66. The van der Waals surface area contributed by atoms with Gasteiger partial charge in [-0.25, -0.2) is 4.39 Å². The van der Waals surface area contributed by atoms with E-state index in [-0.39, 0.29) is 16.0 Å². The van der Waals surface area contributed by atoms with Gasteiger partial charge >= 0.3 is 0 Å². The quantitative estimate of drug-likeness (QED) is 0.532. The Balaban J connectivity index is 1.40. The minimum absolute atomic E-state index is 0.112. The fourth-order valence-corrected chi connectivity index (χ4v) is 5.71. The summed E-state index contributed by atoms with van der Waals surface area (Å²) in [6.07, 6.45) is 3.09. The monoisotopic (exact) mass is 454 g/mol. The number of aromatic nitrogens is 1. The molecule has 0 atom stereocenters. The highest BCUT2D eigenvalue weighted by atomic mass is 35.5. The summed E-state index contributed by atoms with van der Waals surface area (Å²) in [6, 6.07) is 6.15. The Bertz CT molecular complexity index is 1240. The Morgan fingerprint density at radius 2 is 1.97 bits per heavy atom. The number of fused-ring (bicyclic) bond motifs is 1. The van der Waals surface area contributed by atoms with E-state index in [9.17, 15) is 18.8 Å². The summed E-state index contributed by atoms with van der Waals surface area (Å²) in [7, 11) is 0. The standard InChI is InChI=1S/C23H20ClFN4O3/c1-12-17(19(30)21(32)28-23-8-22(9-23,10-23)11-26)16-3-2-6-29(16)18(12)20(31)27-13-4-5-15(25)14(24)7-13/h4-5,7H,2-3,6,8-10H2,1H3,(H,27,31)(H,28,32). The lowest BCUT2D eigenvalue weighted by Crippen LogP contribution is -2.74. The number of hydrogen-bond acceptors (Lipinski definition) is 4. The highest BCUT2D eigenvalue weighted by Gasteiger charge is 2.69. The summed E-state index contributed by atoms with van der Waals surface area (Å²) in [5.74, 6) is -2.40. The number of rotatable bonds is 5. The van der Waals surface area contributed by atoms with Crippen LogP contribution in [0.5, 0.6) is 0 Å². The van der Waals surface area contributed by atoms with E-state index in [0.29, 0.717) is 54.9 Å². The van der Waals surface area contributed by atoms with Gasteiger partial charge in [-0.05, 0) is 62.8 Å². The number of amides is 2. The third-order valence-corrected chi connectivity index (χ3v) is 7.17. The van der Waals surface area contributed by atoms with Gasteiger partial charge in [-0.2, -0.15) is 5.26 Å². The molecule has 1 aromatic heterocycles. The zero-order valence-electron chi connectivity index (χ0n) is 17.3. The average molecular weight is 455 g/mol. The van der Waals surface area contributed by atoms with Crippen LogP contribution in [0.15, 0.2) is 18.2 Å². The van der Waals surface area contributed by atoms with Crippen LogP contribution in [-0.4, -0.2) is 27.7 Å². The second-order valence-corrected chi connectivity index (χ2v) is 9.53. The van der Waals surface area contributed by atoms with Gasteiger partial charge in [-0.1, -0.05) is 11.6 Å². The van der Waals surface area contributed by atoms with Crippen LogP contribution in [0.1, 0.15) is 57.8 Å². The van der Waals surface area contributed by atoms with Crippen molar-refractivity contribution in [3.63, 3.8) is 0 Å². The van der Waals surface area contributed by atoms with Crippen molar-refractivity contribution < 1.29 is 18.8 Å². The lowest BCUT2D eigenvalue weighted by Gasteiger charge is -2.66. The molecule has 3 saturated carbocycles. The van der Waals surface area contributed by atoms with Crippen molar-refractivity contribution >= 4 is 34.9 Å². The first kappa shape index (κ1) is 20.7. The van der Waals surface area contributed by atoms with Gasteiger partial charge in [-0.3, -0.25) is 14.4 Å². The molecule has 3 aliphatic carbocycles. The molecule has 0 unspecified atom stereocenters. The van der Waals surface area contributed by atoms with Gasteiger partial charge in [-0.15, -0.1) is 0 Å². The molecule has 2 N–H and O–H groups in total. The number of nitriles is 1. The molecule has 164 valence electrons. The Morgan fingerprint density at radius 3 is 2.62 bits per heavy atom. The van der Waals surface area contributed by atoms with E-state index in [0.717, 1.165) is 12.5 Å². The summed E-state index contributed by atoms with van der Waals surface area (Å²) < 4.78 is 15.2. The first-order valence-electron chi connectivity index (χ1n) is 10.4. The minimum Gasteiger partial charge on any atom is -0.344 e. The largest absolute Gasteiger partial charge is 0.344 e. The molecule has 1 aliphatic heterocycles. The number of nitrogens with one attached hydrogen (secondary N) is 2. The van der Waals surface area contributed by atoms with E-state index < -0.39 is 29.0 Å². The fourth-order valence-electron chi connectivity index (χ4n) is 5.53. The second-order valence-electron chi connectivity index (χ2n) is 9.12. The van der Waals surface area contributed by atoms with E-state index in [4.69, 9.17) is 16.9 Å². The van der Waals surface area contributed by atoms with Crippen molar-refractivity contribution in [1.29, 1.82) is 5.26 Å². The first-order valence-corrected chi connectivity index (χ1v) is 10.8. The van der Waals surface area contributed by atoms with E-state index in [1.165, 1.54) is 12.1 Å². The molecule has 3 fully saturated rings. The van der Waals surface area contributed by atoms with Crippen molar-refractivity contribution in [2.45, 2.75) is 51.1 Å². The normalized spacial score (nSPS) is 24.6. The Hall–Kier alpha value is -3.18. The Kier molecular flexibility index (Phi) is 4.47. The Morgan fingerprint density at radius 1 is 1.25 bits per heavy atom. The van der Waals surface area contributed by atoms with Crippen LogP contribution in [0.2, 0.25) is 5.02 Å². The molecular formula is C23H20ClFN4O3. The number of ketones is 1. The molecule has 4 aliphatic rings. The predicted molar refractivity (Wildman–Crippen MR) is 114 cm³/mol. The summed E-state index contributed by atoms with van der Waals surface area (Å²) in [5, 5.41) is 14.6. The number of benzene rings is 1. The molecule has 0 saturated heterocycles. The maximum Gasteiger partial charge on any atom is 0.292 e. The minimum atomic E-state index is -0.697. The van der Waals surface area contributed by atoms with Crippen molar-refractivity contribution in [2.75, 3.05) is 5.32 Å². The maximum atomic E-state index is 13.4. The number of anilines is 1. The SMILES string of the molecule is Cc1c(C(=O)C(=O)NC23CC(C#N)(C2)C3)c2n(c1C(=O)Nc1ccc(F)c(Cl)c1)CCC2. The summed E-state index contributed by atoms with van der Waals surface area (Å²) in [4.78, 5) is 38.9. The van der Waals surface area contributed by atoms with Crippen LogP contribution in [0.25, 0.3) is 0 Å². The van der Waals surface area contributed by atoms with Crippen molar-refractivity contribution in [3.8, 4) is 6.07 Å². The Labute approximate surface area is 188 Å². The van der Waals surface area contributed by atoms with Crippen LogP contribution in [0, 0.1) is 29.5 Å². The van der Waals surface area contributed by atoms with Gasteiger partial charge in [0.1, 0.15) is 11.5 Å². The average Bonchev–Trinajstić information content (AvgIpc) is 3.25. The number of carbonyl (C=O) groups excluding carboxylic acids is 3. The number of carbonyl (C=O) groups is 3. The van der Waals surface area contributed by atoms with Crippen LogP contribution in [0.3, 0.4) is 0 Å². The summed E-state index contributed by atoms with van der Waals surface area (Å²) in [5.41, 5.74) is 1.24. The molecule has 2 heterocycles. The van der Waals surface area contributed by atoms with Gasteiger partial charge in [0.2, 0.25) is 0 Å². The molecule has 2 bridgehead atoms. The van der Waals surface area contributed by atoms with Gasteiger partial charge in [0.05, 0.1) is 22.1 Å². The smallest absolute Gasteiger partial charge is 0.292 e. The maximum absolute atomic E-state index is 13.4. The molecule has 2 amide bonds. The first-order chi connectivity index (χ1) is 15.2. The molecule has 9 heteroatoms. The predicted octanol–water partition coefficient (Wildman–Crippen LogP) is 3.53. The van der Waals surface area contributed by atoms with Gasteiger partial charge in [0, 0.05) is 23.5 Å².